The van der Waals surface area contributed by atoms with Crippen LogP contribution in [0.3, 0.4) is 0 Å². The maximum absolute atomic E-state index is 12.9. The molecule has 2 aliphatic rings. The van der Waals surface area contributed by atoms with E-state index in [1.54, 1.807) is 41.6 Å². The van der Waals surface area contributed by atoms with Crippen LogP contribution in [0, 0.1) is 0 Å². The van der Waals surface area contributed by atoms with Gasteiger partial charge in [0.05, 0.1) is 35.7 Å². The molecule has 2 fully saturated rings. The summed E-state index contributed by atoms with van der Waals surface area (Å²) >= 11 is 0. The maximum atomic E-state index is 12.9. The molecule has 36 heavy (non-hydrogen) atoms. The first-order valence-electron chi connectivity index (χ1n) is 12.1. The number of nitrogens with zero attached hydrogens (tertiary/aromatic N) is 2. The molecule has 3 N–H and O–H groups in total. The largest absolute Gasteiger partial charge is 0.484 e. The molecular weight excluding hydrogens is 458 g/mol. The summed E-state index contributed by atoms with van der Waals surface area (Å²) in [7, 11) is 0. The Balaban J connectivity index is 1.15. The molecule has 5 rings (SSSR count). The number of nitrogens with one attached hydrogen (secondary N) is 3. The van der Waals surface area contributed by atoms with E-state index in [9.17, 15) is 9.59 Å². The number of benzene rings is 2. The highest BCUT2D eigenvalue weighted by molar-refractivity contribution is 6.00. The summed E-state index contributed by atoms with van der Waals surface area (Å²) in [5, 5.41) is 3.56. The van der Waals surface area contributed by atoms with E-state index in [-0.39, 0.29) is 24.0 Å². The molecule has 9 nitrogen and oxygen atoms in total. The predicted molar refractivity (Wildman–Crippen MR) is 136 cm³/mol. The summed E-state index contributed by atoms with van der Waals surface area (Å²) in [6, 6.07) is 19.1. The zero-order valence-corrected chi connectivity index (χ0v) is 19.9. The number of ether oxygens (including phenoxy) is 2. The number of anilines is 2. The fourth-order valence-corrected chi connectivity index (χ4v) is 4.19. The van der Waals surface area contributed by atoms with Crippen LogP contribution in [0.5, 0.6) is 5.75 Å². The fraction of sp³-hybridized carbons (Fsp3) is 0.296. The van der Waals surface area contributed by atoms with Gasteiger partial charge in [-0.25, -0.2) is 0 Å². The number of carbonyl (C=O) groups is 2. The third-order valence-corrected chi connectivity index (χ3v) is 6.42. The van der Waals surface area contributed by atoms with Crippen molar-refractivity contribution in [3.8, 4) is 5.75 Å². The number of hydrogen-bond acceptors (Lipinski definition) is 7. The molecular formula is C27H29N5O4. The topological polar surface area (TPSA) is 105 Å². The lowest BCUT2D eigenvalue weighted by Gasteiger charge is -2.26. The number of aromatic nitrogens is 1. The van der Waals surface area contributed by atoms with Crippen LogP contribution in [0.15, 0.2) is 73.1 Å². The van der Waals surface area contributed by atoms with Crippen molar-refractivity contribution in [2.75, 3.05) is 43.7 Å². The van der Waals surface area contributed by atoms with E-state index in [0.717, 1.165) is 18.5 Å². The van der Waals surface area contributed by atoms with Crippen LogP contribution in [0.4, 0.5) is 11.4 Å². The molecule has 1 aliphatic carbocycles. The molecule has 1 aromatic heterocycles. The minimum Gasteiger partial charge on any atom is -0.484 e. The van der Waals surface area contributed by atoms with Crippen molar-refractivity contribution >= 4 is 23.2 Å². The second kappa shape index (κ2) is 10.7. The zero-order chi connectivity index (χ0) is 24.8. The van der Waals surface area contributed by atoms with Gasteiger partial charge >= 0.3 is 0 Å². The van der Waals surface area contributed by atoms with E-state index >= 15 is 0 Å². The van der Waals surface area contributed by atoms with Gasteiger partial charge in [-0.2, -0.15) is 0 Å². The molecule has 0 radical (unpaired) electrons. The summed E-state index contributed by atoms with van der Waals surface area (Å²) in [5.74, 6) is 0.211. The highest BCUT2D eigenvalue weighted by Crippen LogP contribution is 2.48. The van der Waals surface area contributed by atoms with Gasteiger partial charge in [-0.15, -0.1) is 0 Å². The van der Waals surface area contributed by atoms with Gasteiger partial charge in [0.1, 0.15) is 5.75 Å². The van der Waals surface area contributed by atoms with Crippen LogP contribution in [0.1, 0.15) is 28.8 Å². The van der Waals surface area contributed by atoms with Gasteiger partial charge in [0.15, 0.2) is 6.61 Å². The summed E-state index contributed by atoms with van der Waals surface area (Å²) in [5.41, 5.74) is 8.58. The number of pyridine rings is 1. The number of rotatable bonds is 9. The lowest BCUT2D eigenvalue weighted by molar-refractivity contribution is -0.137. The Morgan fingerprint density at radius 1 is 1.00 bits per heavy atom. The molecule has 2 heterocycles. The molecule has 186 valence electrons. The monoisotopic (exact) mass is 487 g/mol. The molecule has 0 unspecified atom stereocenters. The van der Waals surface area contributed by atoms with Gasteiger partial charge in [0.25, 0.3) is 11.8 Å². The van der Waals surface area contributed by atoms with Crippen molar-refractivity contribution < 1.29 is 19.1 Å². The minimum absolute atomic E-state index is 0.0230. The highest BCUT2D eigenvalue weighted by atomic mass is 16.5. The molecule has 0 bridgehead atoms. The third-order valence-electron chi connectivity index (χ3n) is 6.42. The lowest BCUT2D eigenvalue weighted by atomic mass is 10.0. The SMILES string of the molecule is O=C(NNc1ccc(OCC(=O)N2CCOCC2)cc1)c1cnccc1NC1(c2ccccc2)CC1. The number of hydrogen-bond donors (Lipinski definition) is 3. The second-order valence-electron chi connectivity index (χ2n) is 8.88. The quantitative estimate of drug-likeness (QED) is 0.398. The summed E-state index contributed by atoms with van der Waals surface area (Å²) < 4.78 is 10.9. The molecule has 0 spiro atoms. The number of carbonyl (C=O) groups excluding carboxylic acids is 2. The Morgan fingerprint density at radius 2 is 1.75 bits per heavy atom. The normalized spacial score (nSPS) is 16.1. The molecule has 0 atom stereocenters. The second-order valence-corrected chi connectivity index (χ2v) is 8.88. The maximum Gasteiger partial charge on any atom is 0.273 e. The Hall–Kier alpha value is -4.11. The van der Waals surface area contributed by atoms with Crippen molar-refractivity contribution in [1.82, 2.24) is 15.3 Å². The standard InChI is InChI=1S/C27H29N5O4/c33-25(32-14-16-35-17-15-32)19-36-22-8-6-21(7-9-22)30-31-26(34)23-18-28-13-10-24(23)29-27(11-12-27)20-4-2-1-3-5-20/h1-10,13,18,30H,11-12,14-17,19H2,(H,28,29)(H,31,34). The Kier molecular flexibility index (Phi) is 6.99. The lowest BCUT2D eigenvalue weighted by Crippen LogP contribution is -2.42. The van der Waals surface area contributed by atoms with Gasteiger partial charge in [0, 0.05) is 25.5 Å². The summed E-state index contributed by atoms with van der Waals surface area (Å²) in [6.45, 7) is 2.27. The summed E-state index contributed by atoms with van der Waals surface area (Å²) in [6.07, 6.45) is 5.25. The Labute approximate surface area is 209 Å². The van der Waals surface area contributed by atoms with E-state index in [1.165, 1.54) is 5.56 Å². The molecule has 1 saturated heterocycles. The van der Waals surface area contributed by atoms with Crippen molar-refractivity contribution in [2.24, 2.45) is 0 Å². The van der Waals surface area contributed by atoms with Crippen LogP contribution >= 0.6 is 0 Å². The van der Waals surface area contributed by atoms with Crippen molar-refractivity contribution in [3.05, 3.63) is 84.2 Å². The number of amides is 2. The molecule has 3 aromatic rings. The Bertz CT molecular complexity index is 1190. The zero-order valence-electron chi connectivity index (χ0n) is 19.9. The predicted octanol–water partition coefficient (Wildman–Crippen LogP) is 3.18. The first-order chi connectivity index (χ1) is 17.6. The average Bonchev–Trinajstić information content (AvgIpc) is 3.73. The van der Waals surface area contributed by atoms with Crippen LogP contribution in [-0.2, 0) is 15.1 Å². The number of hydrazine groups is 1. The summed E-state index contributed by atoms with van der Waals surface area (Å²) in [4.78, 5) is 31.1. The third kappa shape index (κ3) is 5.58. The van der Waals surface area contributed by atoms with Gasteiger partial charge in [-0.1, -0.05) is 30.3 Å². The van der Waals surface area contributed by atoms with Crippen molar-refractivity contribution in [2.45, 2.75) is 18.4 Å². The van der Waals surface area contributed by atoms with E-state index in [1.807, 2.05) is 24.3 Å². The fourth-order valence-electron chi connectivity index (χ4n) is 4.19. The minimum atomic E-state index is -0.300. The van der Waals surface area contributed by atoms with Crippen LogP contribution < -0.4 is 20.9 Å². The molecule has 1 aliphatic heterocycles. The van der Waals surface area contributed by atoms with E-state index in [0.29, 0.717) is 43.3 Å². The van der Waals surface area contributed by atoms with Crippen molar-refractivity contribution in [1.29, 1.82) is 0 Å². The van der Waals surface area contributed by atoms with Gasteiger partial charge in [-0.05, 0) is 48.7 Å². The van der Waals surface area contributed by atoms with Gasteiger partial charge in [0.2, 0.25) is 0 Å². The van der Waals surface area contributed by atoms with Gasteiger partial charge in [-0.3, -0.25) is 25.4 Å². The Morgan fingerprint density at radius 3 is 2.47 bits per heavy atom. The van der Waals surface area contributed by atoms with Crippen molar-refractivity contribution in [3.63, 3.8) is 0 Å². The molecule has 9 heteroatoms. The molecule has 2 aromatic carbocycles. The molecule has 2 amide bonds. The molecule has 1 saturated carbocycles. The first kappa shape index (κ1) is 23.6. The van der Waals surface area contributed by atoms with Gasteiger partial charge < -0.3 is 19.7 Å². The van der Waals surface area contributed by atoms with E-state index in [2.05, 4.69) is 33.3 Å². The van der Waals surface area contributed by atoms with E-state index in [4.69, 9.17) is 9.47 Å². The smallest absolute Gasteiger partial charge is 0.273 e. The first-order valence-corrected chi connectivity index (χ1v) is 12.1. The van der Waals surface area contributed by atoms with E-state index < -0.39 is 0 Å². The highest BCUT2D eigenvalue weighted by Gasteiger charge is 2.44. The van der Waals surface area contributed by atoms with Crippen LogP contribution in [-0.4, -0.2) is 54.6 Å². The van der Waals surface area contributed by atoms with Crippen LogP contribution in [0.2, 0.25) is 0 Å². The van der Waals surface area contributed by atoms with Crippen LogP contribution in [0.25, 0.3) is 0 Å². The average molecular weight is 488 g/mol. The number of morpholine rings is 1.